The van der Waals surface area contributed by atoms with Gasteiger partial charge in [-0.05, 0) is 0 Å². The van der Waals surface area contributed by atoms with Gasteiger partial charge in [0.1, 0.15) is 18.3 Å². The van der Waals surface area contributed by atoms with E-state index in [2.05, 4.69) is 0 Å². The maximum Gasteiger partial charge on any atom is 1.00 e. The van der Waals surface area contributed by atoms with E-state index >= 15 is 0 Å². The van der Waals surface area contributed by atoms with E-state index in [1.807, 2.05) is 0 Å². The van der Waals surface area contributed by atoms with Gasteiger partial charge in [-0.1, -0.05) is 0 Å². The molecule has 0 bridgehead atoms. The molecule has 0 saturated carbocycles. The quantitative estimate of drug-likeness (QED) is 0.243. The van der Waals surface area contributed by atoms with E-state index in [0.29, 0.717) is 0 Å². The Morgan fingerprint density at radius 2 is 1.64 bits per heavy atom. The summed E-state index contributed by atoms with van der Waals surface area (Å²) in [4.78, 5) is 33.2. The summed E-state index contributed by atoms with van der Waals surface area (Å²) in [6, 6.07) is 0. The van der Waals surface area contributed by atoms with Crippen LogP contribution in [0.3, 0.4) is 0 Å². The second-order valence-corrected chi connectivity index (χ2v) is 4.80. The first-order chi connectivity index (χ1) is 11.1. The number of carboxylic acid groups (broad SMARTS) is 2. The Morgan fingerprint density at radius 3 is 2.04 bits per heavy atom. The fourth-order valence-corrected chi connectivity index (χ4v) is 2.06. The fourth-order valence-electron chi connectivity index (χ4n) is 2.06. The van der Waals surface area contributed by atoms with Crippen molar-refractivity contribution >= 4 is 17.9 Å². The molecule has 0 amide bonds. The minimum atomic E-state index is -2.46. The van der Waals surface area contributed by atoms with Gasteiger partial charge in [0.05, 0.1) is 5.97 Å². The van der Waals surface area contributed by atoms with Crippen LogP contribution in [0.4, 0.5) is 0 Å². The van der Waals surface area contributed by atoms with Crippen molar-refractivity contribution in [2.24, 2.45) is 0 Å². The maximum absolute atomic E-state index is 11.7. The van der Waals surface area contributed by atoms with E-state index in [9.17, 15) is 29.7 Å². The van der Waals surface area contributed by atoms with Crippen LogP contribution >= 0.6 is 0 Å². The fraction of sp³-hybridized carbons (Fsp3) is 0.750. The van der Waals surface area contributed by atoms with Crippen molar-refractivity contribution in [1.82, 2.24) is 0 Å². The van der Waals surface area contributed by atoms with Gasteiger partial charge < -0.3 is 49.3 Å². The average molecular weight is 376 g/mol. The summed E-state index contributed by atoms with van der Waals surface area (Å²) in [7, 11) is 2.11. The molecule has 0 radical (unpaired) electrons. The Bertz CT molecular complexity index is 485. The summed E-state index contributed by atoms with van der Waals surface area (Å²) >= 11 is 0. The van der Waals surface area contributed by atoms with Crippen molar-refractivity contribution in [2.45, 2.75) is 42.9 Å². The van der Waals surface area contributed by atoms with Crippen molar-refractivity contribution in [1.29, 1.82) is 0 Å². The molecule has 1 heterocycles. The molecule has 13 heteroatoms. The Morgan fingerprint density at radius 1 is 1.08 bits per heavy atom. The molecule has 0 aromatic heterocycles. The number of hydrogen-bond donors (Lipinski definition) is 4. The van der Waals surface area contributed by atoms with Crippen LogP contribution in [-0.2, 0) is 33.3 Å². The third-order valence-corrected chi connectivity index (χ3v) is 3.30. The molecule has 0 spiro atoms. The molecule has 4 N–H and O–H groups in total. The number of carboxylic acids is 2. The van der Waals surface area contributed by atoms with Crippen LogP contribution in [0, 0.1) is 0 Å². The van der Waals surface area contributed by atoms with E-state index in [-0.39, 0.29) is 29.6 Å². The number of aliphatic hydroxyl groups excluding tert-OH is 3. The molecular weight excluding hydrogens is 359 g/mol. The van der Waals surface area contributed by atoms with E-state index in [1.54, 1.807) is 0 Å². The zero-order valence-electron chi connectivity index (χ0n) is 13.6. The van der Waals surface area contributed by atoms with E-state index in [4.69, 9.17) is 29.2 Å². The van der Waals surface area contributed by atoms with Gasteiger partial charge in [-0.3, -0.25) is 0 Å². The smallest absolute Gasteiger partial charge is 0.547 e. The van der Waals surface area contributed by atoms with E-state index < -0.39 is 60.8 Å². The largest absolute Gasteiger partial charge is 1.00 e. The minimum absolute atomic E-state index is 0. The molecule has 1 saturated heterocycles. The Labute approximate surface area is 163 Å². The molecular formula is C12H17NaO12. The van der Waals surface area contributed by atoms with Crippen LogP contribution in [0.1, 0.15) is 0 Å². The number of aliphatic hydroxyl groups is 3. The summed E-state index contributed by atoms with van der Waals surface area (Å²) in [6.45, 7) is 0. The van der Waals surface area contributed by atoms with Gasteiger partial charge in [-0.15, -0.1) is 0 Å². The van der Waals surface area contributed by atoms with Crippen LogP contribution in [0.2, 0.25) is 0 Å². The summed E-state index contributed by atoms with van der Waals surface area (Å²) < 4.78 is 19.2. The SMILES string of the molecule is COC1OC(C(=O)[O-])C(OC)C(O)C1OC(=O)[C@H](O)[C@@H](O)C(=O)O.[Na+]. The Hall–Kier alpha value is -0.830. The van der Waals surface area contributed by atoms with Crippen LogP contribution in [0.15, 0.2) is 0 Å². The number of hydrogen-bond acceptors (Lipinski definition) is 11. The summed E-state index contributed by atoms with van der Waals surface area (Å²) in [5, 5.41) is 48.1. The van der Waals surface area contributed by atoms with Crippen molar-refractivity contribution in [2.75, 3.05) is 14.2 Å². The third-order valence-electron chi connectivity index (χ3n) is 3.30. The van der Waals surface area contributed by atoms with Gasteiger partial charge in [0, 0.05) is 14.2 Å². The standard InChI is InChI=1S/C12H18O12.Na/c1-21-6-5(15)7(12(22-2)24-8(6)10(18)19)23-11(20)4(14)3(13)9(16)17;/h3-8,12-15H,1-2H3,(H,16,17)(H,18,19);/q;+1/p-1/t3-,4-,5?,6?,7?,8?,12?;/m1./s1. The van der Waals surface area contributed by atoms with E-state index in [0.717, 1.165) is 14.2 Å². The normalized spacial score (nSPS) is 31.3. The molecule has 5 unspecified atom stereocenters. The molecule has 1 aliphatic rings. The van der Waals surface area contributed by atoms with Gasteiger partial charge in [0.25, 0.3) is 0 Å². The predicted octanol–water partition coefficient (Wildman–Crippen LogP) is -7.79. The molecule has 138 valence electrons. The molecule has 25 heavy (non-hydrogen) atoms. The van der Waals surface area contributed by atoms with Crippen molar-refractivity contribution in [3.8, 4) is 0 Å². The molecule has 12 nitrogen and oxygen atoms in total. The van der Waals surface area contributed by atoms with Crippen LogP contribution in [0.25, 0.3) is 0 Å². The number of carbonyl (C=O) groups is 3. The average Bonchev–Trinajstić information content (AvgIpc) is 2.54. The molecule has 0 aliphatic carbocycles. The zero-order valence-corrected chi connectivity index (χ0v) is 15.6. The topological polar surface area (TPSA) is 192 Å². The van der Waals surface area contributed by atoms with Gasteiger partial charge in [0.2, 0.25) is 0 Å². The van der Waals surface area contributed by atoms with Gasteiger partial charge in [0.15, 0.2) is 24.6 Å². The molecule has 1 aliphatic heterocycles. The summed E-state index contributed by atoms with van der Waals surface area (Å²) in [6.07, 6.45) is -13.2. The Kier molecular flexibility index (Phi) is 10.0. The Balaban J connectivity index is 0.00000576. The number of ether oxygens (including phenoxy) is 4. The molecule has 0 aromatic carbocycles. The van der Waals surface area contributed by atoms with Crippen molar-refractivity contribution in [3.63, 3.8) is 0 Å². The molecule has 1 rings (SSSR count). The van der Waals surface area contributed by atoms with Gasteiger partial charge in [-0.25, -0.2) is 9.59 Å². The minimum Gasteiger partial charge on any atom is -0.547 e. The summed E-state index contributed by atoms with van der Waals surface area (Å²) in [5.41, 5.74) is 0. The first-order valence-electron chi connectivity index (χ1n) is 6.55. The molecule has 1 fully saturated rings. The third kappa shape index (κ3) is 5.57. The van der Waals surface area contributed by atoms with Crippen LogP contribution in [0.5, 0.6) is 0 Å². The number of esters is 1. The first kappa shape index (κ1) is 24.2. The van der Waals surface area contributed by atoms with Gasteiger partial charge >= 0.3 is 41.5 Å². The number of aliphatic carboxylic acids is 2. The van der Waals surface area contributed by atoms with Gasteiger partial charge in [-0.2, -0.15) is 0 Å². The van der Waals surface area contributed by atoms with E-state index in [1.165, 1.54) is 0 Å². The summed E-state index contributed by atoms with van der Waals surface area (Å²) in [5.74, 6) is -5.19. The van der Waals surface area contributed by atoms with Crippen molar-refractivity contribution in [3.05, 3.63) is 0 Å². The van der Waals surface area contributed by atoms with Crippen LogP contribution in [-0.4, -0.2) is 95.5 Å². The molecule has 7 atom stereocenters. The number of carbonyl (C=O) groups excluding carboxylic acids is 2. The zero-order chi connectivity index (χ0) is 18.6. The maximum atomic E-state index is 11.7. The van der Waals surface area contributed by atoms with Crippen LogP contribution < -0.4 is 34.7 Å². The van der Waals surface area contributed by atoms with Crippen molar-refractivity contribution < 1.29 is 88.4 Å². The second kappa shape index (κ2) is 10.4. The monoisotopic (exact) mass is 376 g/mol. The molecule has 0 aromatic rings. The number of rotatable bonds is 7. The first-order valence-corrected chi connectivity index (χ1v) is 6.55. The number of methoxy groups -OCH3 is 2. The predicted molar refractivity (Wildman–Crippen MR) is 67.0 cm³/mol. The second-order valence-electron chi connectivity index (χ2n) is 4.80.